The van der Waals surface area contributed by atoms with E-state index in [9.17, 15) is 0 Å². The Morgan fingerprint density at radius 1 is 0.362 bits per heavy atom. The maximum Gasteiger partial charge on any atom is 0.0465 e. The first-order valence-electron chi connectivity index (χ1n) is 21.1. The molecular formula is C57H49N. The van der Waals surface area contributed by atoms with E-state index < -0.39 is 0 Å². The summed E-state index contributed by atoms with van der Waals surface area (Å²) in [5, 5.41) is 0. The quantitative estimate of drug-likeness (QED) is 0.169. The van der Waals surface area contributed by atoms with Crippen molar-refractivity contribution < 1.29 is 0 Å². The van der Waals surface area contributed by atoms with Gasteiger partial charge >= 0.3 is 0 Å². The van der Waals surface area contributed by atoms with Crippen LogP contribution in [0.5, 0.6) is 0 Å². The smallest absolute Gasteiger partial charge is 0.0465 e. The van der Waals surface area contributed by atoms with Crippen LogP contribution in [0.4, 0.5) is 17.1 Å². The summed E-state index contributed by atoms with van der Waals surface area (Å²) in [4.78, 5) is 2.48. The van der Waals surface area contributed by atoms with Gasteiger partial charge in [-0.2, -0.15) is 0 Å². The van der Waals surface area contributed by atoms with Crippen molar-refractivity contribution in [1.82, 2.24) is 0 Å². The van der Waals surface area contributed by atoms with Gasteiger partial charge in [0.05, 0.1) is 0 Å². The van der Waals surface area contributed by atoms with Gasteiger partial charge in [0, 0.05) is 33.3 Å². The van der Waals surface area contributed by atoms with Crippen molar-refractivity contribution in [1.29, 1.82) is 0 Å². The fourth-order valence-electron chi connectivity index (χ4n) is 10.8. The highest BCUT2D eigenvalue weighted by Gasteiger charge is 2.42. The molecule has 11 rings (SSSR count). The number of benzene rings is 7. The first-order chi connectivity index (χ1) is 28.0. The Labute approximate surface area is 344 Å². The summed E-state index contributed by atoms with van der Waals surface area (Å²) in [7, 11) is 0. The lowest BCUT2D eigenvalue weighted by Gasteiger charge is -2.30. The summed E-state index contributed by atoms with van der Waals surface area (Å²) in [5.41, 5.74) is 24.9. The van der Waals surface area contributed by atoms with Crippen molar-refractivity contribution >= 4 is 22.6 Å². The minimum absolute atomic E-state index is 0.0881. The maximum absolute atomic E-state index is 2.54. The fourth-order valence-corrected chi connectivity index (χ4v) is 10.8. The van der Waals surface area contributed by atoms with Crippen LogP contribution in [0.2, 0.25) is 0 Å². The minimum Gasteiger partial charge on any atom is -0.310 e. The summed E-state index contributed by atoms with van der Waals surface area (Å²) in [6.07, 6.45) is 9.15. The van der Waals surface area contributed by atoms with Gasteiger partial charge in [-0.25, -0.2) is 0 Å². The average Bonchev–Trinajstić information content (AvgIpc) is 3.72. The maximum atomic E-state index is 2.54. The molecule has 0 N–H and O–H groups in total. The number of anilines is 3. The number of hydrogen-bond donors (Lipinski definition) is 0. The zero-order chi connectivity index (χ0) is 39.6. The van der Waals surface area contributed by atoms with Gasteiger partial charge in [-0.1, -0.05) is 151 Å². The van der Waals surface area contributed by atoms with E-state index in [0.717, 1.165) is 18.5 Å². The molecule has 58 heavy (non-hydrogen) atoms. The normalized spacial score (nSPS) is 16.8. The molecule has 0 aliphatic heterocycles. The molecule has 1 nitrogen and oxygen atoms in total. The van der Waals surface area contributed by atoms with E-state index in [0.29, 0.717) is 0 Å². The molecule has 0 spiro atoms. The van der Waals surface area contributed by atoms with Crippen molar-refractivity contribution in [3.05, 3.63) is 203 Å². The summed E-state index contributed by atoms with van der Waals surface area (Å²) in [6.45, 7) is 14.4. The Morgan fingerprint density at radius 2 is 0.862 bits per heavy atom. The van der Waals surface area contributed by atoms with E-state index in [2.05, 4.69) is 210 Å². The van der Waals surface area contributed by atoms with Gasteiger partial charge in [0.2, 0.25) is 0 Å². The summed E-state index contributed by atoms with van der Waals surface area (Å²) in [5.74, 6) is 0. The highest BCUT2D eigenvalue weighted by Crippen LogP contribution is 2.58. The van der Waals surface area contributed by atoms with E-state index in [1.54, 1.807) is 0 Å². The third-order valence-corrected chi connectivity index (χ3v) is 14.1. The van der Waals surface area contributed by atoms with E-state index in [1.807, 2.05) is 0 Å². The second-order valence-corrected chi connectivity index (χ2v) is 18.5. The topological polar surface area (TPSA) is 3.24 Å². The third kappa shape index (κ3) is 5.02. The van der Waals surface area contributed by atoms with Crippen LogP contribution in [-0.2, 0) is 16.2 Å². The molecule has 7 aromatic carbocycles. The Bertz CT molecular complexity index is 2900. The summed E-state index contributed by atoms with van der Waals surface area (Å²) < 4.78 is 0. The first-order valence-corrected chi connectivity index (χ1v) is 21.1. The van der Waals surface area contributed by atoms with Crippen molar-refractivity contribution in [3.8, 4) is 44.5 Å². The number of hydrogen-bond acceptors (Lipinski definition) is 1. The van der Waals surface area contributed by atoms with Crippen molar-refractivity contribution in [3.63, 3.8) is 0 Å². The molecule has 0 saturated carbocycles. The molecule has 0 saturated heterocycles. The average molecular weight is 748 g/mol. The van der Waals surface area contributed by atoms with Crippen LogP contribution in [-0.4, -0.2) is 0 Å². The lowest BCUT2D eigenvalue weighted by Crippen LogP contribution is -2.18. The van der Waals surface area contributed by atoms with E-state index in [1.165, 1.54) is 100 Å². The standard InChI is InChI=1S/C57H49N/c1-55(2)49-20-14-13-19-43(49)44-28-26-41(32-51(44)55)58(40-24-21-38(22-25-40)36-15-9-7-10-16-36)42-27-29-45-47-34-54-48(35-53(47)57(5,6)52(45)33-42)46-31-39(37-17-11-8-12-18-37)23-30-50(46)56(54,3)4/h8-9,11-35H,7,10H2,1-6H3. The van der Waals surface area contributed by atoms with Crippen molar-refractivity contribution in [2.75, 3.05) is 4.90 Å². The van der Waals surface area contributed by atoms with Gasteiger partial charge in [0.15, 0.2) is 0 Å². The van der Waals surface area contributed by atoms with Crippen LogP contribution in [0.3, 0.4) is 0 Å². The van der Waals surface area contributed by atoms with E-state index in [4.69, 9.17) is 0 Å². The van der Waals surface area contributed by atoms with Crippen LogP contribution in [0.25, 0.3) is 50.1 Å². The van der Waals surface area contributed by atoms with Gasteiger partial charge < -0.3 is 4.90 Å². The van der Waals surface area contributed by atoms with Crippen LogP contribution in [0.15, 0.2) is 164 Å². The number of rotatable bonds is 5. The summed E-state index contributed by atoms with van der Waals surface area (Å²) >= 11 is 0. The molecule has 0 radical (unpaired) electrons. The largest absolute Gasteiger partial charge is 0.310 e. The van der Waals surface area contributed by atoms with Gasteiger partial charge in [-0.3, -0.25) is 0 Å². The minimum atomic E-state index is -0.184. The van der Waals surface area contributed by atoms with Gasteiger partial charge in [0.1, 0.15) is 0 Å². The zero-order valence-electron chi connectivity index (χ0n) is 34.4. The second-order valence-electron chi connectivity index (χ2n) is 18.5. The Balaban J connectivity index is 1.04. The molecule has 4 aliphatic rings. The third-order valence-electron chi connectivity index (χ3n) is 14.1. The molecule has 0 unspecified atom stereocenters. The Kier molecular flexibility index (Phi) is 7.49. The number of fused-ring (bicyclic) bond motifs is 9. The van der Waals surface area contributed by atoms with Crippen molar-refractivity contribution in [2.24, 2.45) is 0 Å². The molecule has 7 aromatic rings. The Hall–Kier alpha value is -6.18. The Morgan fingerprint density at radius 3 is 1.52 bits per heavy atom. The van der Waals surface area contributed by atoms with Crippen LogP contribution >= 0.6 is 0 Å². The van der Waals surface area contributed by atoms with E-state index in [-0.39, 0.29) is 16.2 Å². The van der Waals surface area contributed by atoms with Crippen LogP contribution in [0, 0.1) is 0 Å². The highest BCUT2D eigenvalue weighted by molar-refractivity contribution is 5.93. The molecule has 282 valence electrons. The predicted octanol–water partition coefficient (Wildman–Crippen LogP) is 15.5. The lowest BCUT2D eigenvalue weighted by molar-refractivity contribution is 0.652. The molecule has 0 fully saturated rings. The monoisotopic (exact) mass is 747 g/mol. The van der Waals surface area contributed by atoms with Crippen LogP contribution < -0.4 is 4.90 Å². The molecule has 0 atom stereocenters. The molecule has 0 amide bonds. The second kappa shape index (κ2) is 12.4. The van der Waals surface area contributed by atoms with Gasteiger partial charge in [-0.15, -0.1) is 0 Å². The lowest BCUT2D eigenvalue weighted by atomic mass is 9.79. The summed E-state index contributed by atoms with van der Waals surface area (Å²) in [6, 6.07) is 55.5. The molecular weight excluding hydrogens is 699 g/mol. The van der Waals surface area contributed by atoms with Gasteiger partial charge in [-0.05, 0) is 156 Å². The highest BCUT2D eigenvalue weighted by atomic mass is 15.1. The van der Waals surface area contributed by atoms with Gasteiger partial charge in [0.25, 0.3) is 0 Å². The molecule has 4 aliphatic carbocycles. The molecule has 1 heteroatoms. The first kappa shape index (κ1) is 35.0. The molecule has 0 heterocycles. The number of nitrogens with zero attached hydrogens (tertiary/aromatic N) is 1. The zero-order valence-corrected chi connectivity index (χ0v) is 34.4. The molecule has 0 aromatic heterocycles. The van der Waals surface area contributed by atoms with Crippen molar-refractivity contribution in [2.45, 2.75) is 70.6 Å². The SMILES string of the molecule is CC1(C)c2ccccc2-c2ccc(N(c3ccc(C4=CCCC=C4)cc3)c3ccc4c(c3)C(C)(C)c3cc5c(cc3-4)C(C)(C)c3ccc(-c4ccccc4)cc3-5)cc21. The van der Waals surface area contributed by atoms with E-state index >= 15 is 0 Å². The van der Waals surface area contributed by atoms with Crippen LogP contribution in [0.1, 0.15) is 93.3 Å². The predicted molar refractivity (Wildman–Crippen MR) is 246 cm³/mol. The number of allylic oxidation sites excluding steroid dienone is 4. The fraction of sp³-hybridized carbons (Fsp3) is 0.193. The molecule has 0 bridgehead atoms.